The van der Waals surface area contributed by atoms with Crippen molar-refractivity contribution in [2.75, 3.05) is 0 Å². The minimum absolute atomic E-state index is 0. The fourth-order valence-electron chi connectivity index (χ4n) is 0. The molecule has 0 nitrogen and oxygen atoms in total. The zero-order valence-electron chi connectivity index (χ0n) is 0.302. The van der Waals surface area contributed by atoms with Gasteiger partial charge in [-0.1, -0.05) is 29.7 Å². The number of hydrogen-bond donors (Lipinski definition) is 0. The van der Waals surface area contributed by atoms with Crippen LogP contribution in [0.5, 0.6) is 0 Å². The van der Waals surface area contributed by atoms with Gasteiger partial charge in [-0.3, -0.25) is 0 Å². The van der Waals surface area contributed by atoms with Gasteiger partial charge >= 0.3 is 17.1 Å². The second kappa shape index (κ2) is 207. The standard InChI is InChI=1S/4CH4.Cu/h4*1H4;/q;;;;+1. The van der Waals surface area contributed by atoms with E-state index in [1.165, 1.54) is 0 Å². The molecule has 0 aliphatic carbocycles. The second-order valence-corrected chi connectivity index (χ2v) is 0. The Balaban J connectivity index is 0. The zero-order valence-corrected chi connectivity index (χ0v) is 1.24. The van der Waals surface area contributed by atoms with Gasteiger partial charge in [-0.25, -0.2) is 0 Å². The topological polar surface area (TPSA) is 0 Å². The van der Waals surface area contributed by atoms with Crippen LogP contribution < -0.4 is 0 Å². The molecule has 0 aliphatic heterocycles. The summed E-state index contributed by atoms with van der Waals surface area (Å²) in [5.41, 5.74) is 0. The Kier molecular flexibility index (Phi) is 17300. The van der Waals surface area contributed by atoms with Crippen molar-refractivity contribution >= 4 is 0 Å². The Morgan fingerprint density at radius 2 is 0.400 bits per heavy atom. The number of hydrogen-bond acceptors (Lipinski definition) is 0. The summed E-state index contributed by atoms with van der Waals surface area (Å²) in [6.45, 7) is 0. The molecule has 5 heavy (non-hydrogen) atoms. The van der Waals surface area contributed by atoms with Crippen molar-refractivity contribution in [1.29, 1.82) is 0 Å². The molecule has 1 heteroatoms. The third-order valence-corrected chi connectivity index (χ3v) is 0. The molecule has 0 aromatic carbocycles. The Morgan fingerprint density at radius 1 is 0.400 bits per heavy atom. The van der Waals surface area contributed by atoms with E-state index in [1.54, 1.807) is 0 Å². The van der Waals surface area contributed by atoms with Gasteiger partial charge in [-0.05, 0) is 0 Å². The van der Waals surface area contributed by atoms with Gasteiger partial charge in [-0.2, -0.15) is 0 Å². The van der Waals surface area contributed by atoms with Gasteiger partial charge in [0.25, 0.3) is 0 Å². The molecule has 0 aromatic rings. The van der Waals surface area contributed by atoms with Crippen LogP contribution in [-0.4, -0.2) is 0 Å². The van der Waals surface area contributed by atoms with E-state index in [4.69, 9.17) is 0 Å². The summed E-state index contributed by atoms with van der Waals surface area (Å²) < 4.78 is 0. The first-order valence-corrected chi connectivity index (χ1v) is 0. The van der Waals surface area contributed by atoms with Crippen molar-refractivity contribution < 1.29 is 17.1 Å². The maximum atomic E-state index is 0. The molecular weight excluding hydrogens is 112 g/mol. The molecule has 0 fully saturated rings. The maximum Gasteiger partial charge on any atom is 1.00 e. The van der Waals surface area contributed by atoms with E-state index in [0.717, 1.165) is 0 Å². The van der Waals surface area contributed by atoms with Gasteiger partial charge in [0.05, 0.1) is 0 Å². The van der Waals surface area contributed by atoms with Crippen LogP contribution in [0.15, 0.2) is 0 Å². The fraction of sp³-hybridized carbons (Fsp3) is 1.00. The van der Waals surface area contributed by atoms with Crippen LogP contribution >= 0.6 is 0 Å². The van der Waals surface area contributed by atoms with Crippen molar-refractivity contribution in [1.82, 2.24) is 0 Å². The van der Waals surface area contributed by atoms with Gasteiger partial charge in [-0.15, -0.1) is 0 Å². The van der Waals surface area contributed by atoms with Crippen LogP contribution in [0.3, 0.4) is 0 Å². The summed E-state index contributed by atoms with van der Waals surface area (Å²) >= 11 is 0. The zero-order chi connectivity index (χ0) is 0. The largest absolute Gasteiger partial charge is 1.00 e. The first kappa shape index (κ1) is 418. The first-order chi connectivity index (χ1) is 0. The molecule has 0 saturated carbocycles. The van der Waals surface area contributed by atoms with E-state index in [0.29, 0.717) is 0 Å². The van der Waals surface area contributed by atoms with Gasteiger partial charge in [0.1, 0.15) is 0 Å². The predicted octanol–water partition coefficient (Wildman–Crippen LogP) is 2.54. The fourth-order valence-corrected chi connectivity index (χ4v) is 0. The van der Waals surface area contributed by atoms with E-state index in [9.17, 15) is 0 Å². The van der Waals surface area contributed by atoms with Gasteiger partial charge < -0.3 is 0 Å². The van der Waals surface area contributed by atoms with Gasteiger partial charge in [0.2, 0.25) is 0 Å². The molecule has 0 rings (SSSR count). The van der Waals surface area contributed by atoms with Crippen LogP contribution in [0, 0.1) is 0 Å². The Hall–Kier alpha value is 0.519. The molecule has 0 atom stereocenters. The van der Waals surface area contributed by atoms with Crippen LogP contribution in [0.4, 0.5) is 0 Å². The number of rotatable bonds is 0. The Morgan fingerprint density at radius 3 is 0.400 bits per heavy atom. The molecule has 0 bridgehead atoms. The average molecular weight is 128 g/mol. The van der Waals surface area contributed by atoms with Crippen LogP contribution in [0.1, 0.15) is 29.7 Å². The predicted molar refractivity (Wildman–Crippen MR) is 26.9 cm³/mol. The summed E-state index contributed by atoms with van der Waals surface area (Å²) in [6.07, 6.45) is 0. The summed E-state index contributed by atoms with van der Waals surface area (Å²) in [5.74, 6) is 0. The molecule has 0 aromatic heterocycles. The smallest absolute Gasteiger partial charge is 0.0776 e. The molecule has 0 aliphatic rings. The van der Waals surface area contributed by atoms with Gasteiger partial charge in [0, 0.05) is 0 Å². The van der Waals surface area contributed by atoms with E-state index < -0.39 is 0 Å². The van der Waals surface area contributed by atoms with Crippen molar-refractivity contribution in [3.63, 3.8) is 0 Å². The summed E-state index contributed by atoms with van der Waals surface area (Å²) in [6, 6.07) is 0. The molecular formula is C4H16Cu+. The van der Waals surface area contributed by atoms with E-state index in [-0.39, 0.29) is 46.8 Å². The molecule has 0 saturated heterocycles. The Bertz CT molecular complexity index is 3.61. The quantitative estimate of drug-likeness (QED) is 0.439. The molecule has 0 amide bonds. The molecule has 0 N–H and O–H groups in total. The van der Waals surface area contributed by atoms with Crippen molar-refractivity contribution in [2.45, 2.75) is 29.7 Å². The Labute approximate surface area is 47.4 Å². The van der Waals surface area contributed by atoms with Crippen LogP contribution in [0.2, 0.25) is 0 Å². The van der Waals surface area contributed by atoms with E-state index >= 15 is 0 Å². The molecule has 0 spiro atoms. The average Bonchev–Trinajstić information content (AvgIpc) is 0. The summed E-state index contributed by atoms with van der Waals surface area (Å²) in [5, 5.41) is 0. The second-order valence-electron chi connectivity index (χ2n) is 0. The third-order valence-electron chi connectivity index (χ3n) is 0. The van der Waals surface area contributed by atoms with E-state index in [2.05, 4.69) is 0 Å². The summed E-state index contributed by atoms with van der Waals surface area (Å²) in [4.78, 5) is 0. The molecule has 42 valence electrons. The summed E-state index contributed by atoms with van der Waals surface area (Å²) in [7, 11) is 0. The molecule has 0 heterocycles. The first-order valence-electron chi connectivity index (χ1n) is 0. The monoisotopic (exact) mass is 127 g/mol. The SMILES string of the molecule is C.C.C.C.[Cu+]. The molecule has 0 unspecified atom stereocenters. The minimum atomic E-state index is 0. The normalized spacial score (nSPS) is 0. The van der Waals surface area contributed by atoms with Crippen molar-refractivity contribution in [2.24, 2.45) is 0 Å². The third kappa shape index (κ3) is 106. The van der Waals surface area contributed by atoms with Crippen LogP contribution in [0.25, 0.3) is 0 Å². The van der Waals surface area contributed by atoms with Crippen molar-refractivity contribution in [3.05, 3.63) is 0 Å². The van der Waals surface area contributed by atoms with Gasteiger partial charge in [0.15, 0.2) is 0 Å². The van der Waals surface area contributed by atoms with E-state index in [1.807, 2.05) is 0 Å². The molecule has 0 radical (unpaired) electrons. The minimum Gasteiger partial charge on any atom is -0.0776 e. The maximum absolute atomic E-state index is 0. The van der Waals surface area contributed by atoms with Crippen LogP contribution in [-0.2, 0) is 17.1 Å². The van der Waals surface area contributed by atoms with Crippen molar-refractivity contribution in [3.8, 4) is 0 Å².